The second-order valence-corrected chi connectivity index (χ2v) is 7.33. The van der Waals surface area contributed by atoms with Crippen LogP contribution in [0.25, 0.3) is 0 Å². The van der Waals surface area contributed by atoms with Gasteiger partial charge in [0.2, 0.25) is 0 Å². The van der Waals surface area contributed by atoms with Gasteiger partial charge in [-0.3, -0.25) is 0 Å². The molecule has 1 aliphatic carbocycles. The van der Waals surface area contributed by atoms with E-state index in [1.165, 1.54) is 43.2 Å². The minimum Gasteiger partial charge on any atom is -0.493 e. The molecule has 2 rings (SSSR count). The van der Waals surface area contributed by atoms with Gasteiger partial charge in [-0.05, 0) is 66.1 Å². The van der Waals surface area contributed by atoms with Crippen LogP contribution in [0.2, 0.25) is 0 Å². The maximum Gasteiger partial charge on any atom is 0.122 e. The average molecular weight is 395 g/mol. The molecule has 0 spiro atoms. The van der Waals surface area contributed by atoms with Crippen molar-refractivity contribution in [1.29, 1.82) is 0 Å². The second kappa shape index (κ2) is 10.2. The van der Waals surface area contributed by atoms with Crippen LogP contribution >= 0.6 is 15.9 Å². The highest BCUT2D eigenvalue weighted by Gasteiger charge is 2.26. The first-order chi connectivity index (χ1) is 11.7. The number of benzene rings is 1. The van der Waals surface area contributed by atoms with E-state index in [-0.39, 0.29) is 6.61 Å². The lowest BCUT2D eigenvalue weighted by Crippen LogP contribution is -2.17. The zero-order valence-electron chi connectivity index (χ0n) is 15.1. The highest BCUT2D eigenvalue weighted by molar-refractivity contribution is 9.11. The van der Waals surface area contributed by atoms with Crippen LogP contribution in [-0.2, 0) is 6.42 Å². The molecular formula is C21H31BrO2. The molecule has 134 valence electrons. The molecule has 1 aromatic carbocycles. The predicted molar refractivity (Wildman–Crippen MR) is 105 cm³/mol. The molecule has 0 radical (unpaired) electrons. The van der Waals surface area contributed by atoms with Crippen LogP contribution < -0.4 is 4.74 Å². The molecule has 2 nitrogen and oxygen atoms in total. The maximum atomic E-state index is 9.42. The van der Waals surface area contributed by atoms with Crippen LogP contribution in [0, 0.1) is 5.92 Å². The summed E-state index contributed by atoms with van der Waals surface area (Å²) in [5, 5.41) is 9.42. The highest BCUT2D eigenvalue weighted by atomic mass is 79.9. The van der Waals surface area contributed by atoms with Crippen molar-refractivity contribution in [2.75, 3.05) is 13.2 Å². The molecule has 0 aliphatic heterocycles. The Morgan fingerprint density at radius 1 is 1.33 bits per heavy atom. The lowest BCUT2D eigenvalue weighted by Gasteiger charge is -2.32. The van der Waals surface area contributed by atoms with E-state index in [9.17, 15) is 5.11 Å². The largest absolute Gasteiger partial charge is 0.493 e. The van der Waals surface area contributed by atoms with Crippen molar-refractivity contribution >= 4 is 15.9 Å². The number of aliphatic hydroxyl groups excluding tert-OH is 1. The Hall–Kier alpha value is -0.800. The van der Waals surface area contributed by atoms with Gasteiger partial charge in [-0.1, -0.05) is 60.3 Å². The van der Waals surface area contributed by atoms with E-state index in [0.717, 1.165) is 24.3 Å². The number of halogens is 1. The SMILES string of the molecule is CCCCCOc1ccc([C@H]2CCC/C(=C\Br)[C@@H]2C)cc1CCO. The van der Waals surface area contributed by atoms with Gasteiger partial charge in [0.15, 0.2) is 0 Å². The first-order valence-corrected chi connectivity index (χ1v) is 10.3. The summed E-state index contributed by atoms with van der Waals surface area (Å²) in [5.74, 6) is 2.08. The minimum atomic E-state index is 0.168. The summed E-state index contributed by atoms with van der Waals surface area (Å²) in [6, 6.07) is 6.61. The van der Waals surface area contributed by atoms with E-state index in [1.54, 1.807) is 0 Å². The fraction of sp³-hybridized carbons (Fsp3) is 0.619. The van der Waals surface area contributed by atoms with Crippen LogP contribution in [0.4, 0.5) is 0 Å². The van der Waals surface area contributed by atoms with Gasteiger partial charge in [0.25, 0.3) is 0 Å². The van der Waals surface area contributed by atoms with Crippen molar-refractivity contribution in [3.8, 4) is 5.75 Å². The molecule has 0 unspecified atom stereocenters. The van der Waals surface area contributed by atoms with Gasteiger partial charge >= 0.3 is 0 Å². The molecule has 1 aromatic rings. The third-order valence-electron chi connectivity index (χ3n) is 5.21. The smallest absolute Gasteiger partial charge is 0.122 e. The second-order valence-electron chi connectivity index (χ2n) is 6.87. The Bertz CT molecular complexity index is 539. The molecule has 0 heterocycles. The average Bonchev–Trinajstić information content (AvgIpc) is 2.60. The number of rotatable bonds is 8. The molecular weight excluding hydrogens is 364 g/mol. The first kappa shape index (κ1) is 19.5. The number of ether oxygens (including phenoxy) is 1. The predicted octanol–water partition coefficient (Wildman–Crippen LogP) is 5.97. The molecule has 1 saturated carbocycles. The van der Waals surface area contributed by atoms with E-state index in [4.69, 9.17) is 4.74 Å². The van der Waals surface area contributed by atoms with Crippen LogP contribution in [0.1, 0.15) is 69.4 Å². The Morgan fingerprint density at radius 3 is 2.88 bits per heavy atom. The van der Waals surface area contributed by atoms with Crippen LogP contribution in [0.5, 0.6) is 5.75 Å². The number of aliphatic hydroxyl groups is 1. The molecule has 1 N–H and O–H groups in total. The van der Waals surface area contributed by atoms with Crippen LogP contribution in [-0.4, -0.2) is 18.3 Å². The molecule has 0 aromatic heterocycles. The third kappa shape index (κ3) is 5.10. The van der Waals surface area contributed by atoms with Crippen LogP contribution in [0.3, 0.4) is 0 Å². The normalized spacial score (nSPS) is 22.8. The quantitative estimate of drug-likeness (QED) is 0.549. The zero-order chi connectivity index (χ0) is 17.4. The molecule has 1 fully saturated rings. The van der Waals surface area contributed by atoms with Gasteiger partial charge in [-0.25, -0.2) is 0 Å². The molecule has 0 bridgehead atoms. The fourth-order valence-corrected chi connectivity index (χ4v) is 4.34. The highest BCUT2D eigenvalue weighted by Crippen LogP contribution is 2.42. The van der Waals surface area contributed by atoms with E-state index in [2.05, 4.69) is 53.0 Å². The Labute approximate surface area is 155 Å². The zero-order valence-corrected chi connectivity index (χ0v) is 16.6. The van der Waals surface area contributed by atoms with Crippen molar-refractivity contribution in [2.24, 2.45) is 5.92 Å². The number of hydrogen-bond acceptors (Lipinski definition) is 2. The lowest BCUT2D eigenvalue weighted by molar-refractivity contribution is 0.284. The molecule has 1 aliphatic rings. The van der Waals surface area contributed by atoms with E-state index in [1.807, 2.05) is 0 Å². The topological polar surface area (TPSA) is 29.5 Å². The summed E-state index contributed by atoms with van der Waals surface area (Å²) >= 11 is 3.53. The van der Waals surface area contributed by atoms with E-state index in [0.29, 0.717) is 18.3 Å². The van der Waals surface area contributed by atoms with Crippen molar-refractivity contribution in [1.82, 2.24) is 0 Å². The number of unbranched alkanes of at least 4 members (excludes halogenated alkanes) is 2. The van der Waals surface area contributed by atoms with Gasteiger partial charge in [-0.2, -0.15) is 0 Å². The monoisotopic (exact) mass is 394 g/mol. The van der Waals surface area contributed by atoms with Gasteiger partial charge in [0.1, 0.15) is 5.75 Å². The summed E-state index contributed by atoms with van der Waals surface area (Å²) in [6.45, 7) is 5.47. The van der Waals surface area contributed by atoms with Crippen molar-refractivity contribution in [3.05, 3.63) is 39.9 Å². The number of hydrogen-bond donors (Lipinski definition) is 1. The summed E-state index contributed by atoms with van der Waals surface area (Å²) in [7, 11) is 0. The van der Waals surface area contributed by atoms with E-state index >= 15 is 0 Å². The molecule has 0 saturated heterocycles. The van der Waals surface area contributed by atoms with E-state index < -0.39 is 0 Å². The van der Waals surface area contributed by atoms with Crippen molar-refractivity contribution in [3.63, 3.8) is 0 Å². The first-order valence-electron chi connectivity index (χ1n) is 9.36. The fourth-order valence-electron chi connectivity index (χ4n) is 3.69. The molecule has 0 amide bonds. The maximum absolute atomic E-state index is 9.42. The van der Waals surface area contributed by atoms with Gasteiger partial charge in [0, 0.05) is 6.61 Å². The summed E-state index contributed by atoms with van der Waals surface area (Å²) in [4.78, 5) is 2.11. The summed E-state index contributed by atoms with van der Waals surface area (Å²) < 4.78 is 5.97. The molecule has 3 heteroatoms. The third-order valence-corrected chi connectivity index (χ3v) is 5.80. The van der Waals surface area contributed by atoms with Crippen molar-refractivity contribution < 1.29 is 9.84 Å². The Balaban J connectivity index is 2.15. The Kier molecular flexibility index (Phi) is 8.34. The van der Waals surface area contributed by atoms with Crippen molar-refractivity contribution in [2.45, 2.75) is 64.7 Å². The summed E-state index contributed by atoms with van der Waals surface area (Å²) in [6.07, 6.45) is 7.85. The molecule has 24 heavy (non-hydrogen) atoms. The molecule has 2 atom stereocenters. The lowest BCUT2D eigenvalue weighted by atomic mass is 9.74. The standard InChI is InChI=1S/C21H31BrO2/c1-3-4-5-13-24-21-10-9-17(14-18(21)11-12-23)20-8-6-7-19(15-22)16(20)2/h9-10,14-16,20,23H,3-8,11-13H2,1-2H3/b19-15+/t16-,20-/m0/s1. The minimum absolute atomic E-state index is 0.168. The van der Waals surface area contributed by atoms with Gasteiger partial charge in [-0.15, -0.1) is 0 Å². The van der Waals surface area contributed by atoms with Gasteiger partial charge in [0.05, 0.1) is 6.61 Å². The van der Waals surface area contributed by atoms with Crippen LogP contribution in [0.15, 0.2) is 28.8 Å². The van der Waals surface area contributed by atoms with Gasteiger partial charge < -0.3 is 9.84 Å². The number of allylic oxidation sites excluding steroid dienone is 1. The Morgan fingerprint density at radius 2 is 2.17 bits per heavy atom. The summed E-state index contributed by atoms with van der Waals surface area (Å²) in [5.41, 5.74) is 4.04.